The molecule has 1 amide bonds. The van der Waals surface area contributed by atoms with Crippen molar-refractivity contribution in [3.05, 3.63) is 17.5 Å². The molecule has 1 aromatic heterocycles. The molecule has 5 nitrogen and oxygen atoms in total. The minimum Gasteiger partial charge on any atom is -0.352 e. The molecule has 5 heteroatoms. The fourth-order valence-corrected chi connectivity index (χ4v) is 1.59. The summed E-state index contributed by atoms with van der Waals surface area (Å²) in [5, 5.41) is 6.95. The average Bonchev–Trinajstić information content (AvgIpc) is 2.65. The van der Waals surface area contributed by atoms with E-state index in [0.717, 1.165) is 18.5 Å². The molecule has 96 valence electrons. The third kappa shape index (κ3) is 3.85. The van der Waals surface area contributed by atoms with Crippen LogP contribution in [0.1, 0.15) is 35.8 Å². The summed E-state index contributed by atoms with van der Waals surface area (Å²) in [5.74, 6) is 0.475. The topological polar surface area (TPSA) is 72.9 Å². The Balaban J connectivity index is 2.33. The zero-order chi connectivity index (χ0) is 12.8. The summed E-state index contributed by atoms with van der Waals surface area (Å²) in [6.07, 6.45) is 3.61. The average molecular weight is 238 g/mol. The van der Waals surface area contributed by atoms with E-state index in [2.05, 4.69) is 17.3 Å². The normalized spacial score (nSPS) is 12.5. The monoisotopic (exact) mass is 238 g/mol. The number of carbonyl (C=O) groups is 1. The number of rotatable bonds is 6. The zero-order valence-electron chi connectivity index (χ0n) is 10.9. The van der Waals surface area contributed by atoms with Gasteiger partial charge in [0, 0.05) is 19.3 Å². The van der Waals surface area contributed by atoms with Gasteiger partial charge in [-0.05, 0) is 32.2 Å². The Hall–Kier alpha value is -1.36. The van der Waals surface area contributed by atoms with Gasteiger partial charge in [0.25, 0.3) is 5.91 Å². The Morgan fingerprint density at radius 2 is 2.35 bits per heavy atom. The Morgan fingerprint density at radius 1 is 1.65 bits per heavy atom. The minimum absolute atomic E-state index is 0.0454. The molecular weight excluding hydrogens is 216 g/mol. The molecule has 1 aromatic rings. The van der Waals surface area contributed by atoms with E-state index in [4.69, 9.17) is 5.73 Å². The van der Waals surface area contributed by atoms with Gasteiger partial charge in [0.15, 0.2) is 0 Å². The number of aryl methyl sites for hydroxylation is 1. The van der Waals surface area contributed by atoms with Crippen LogP contribution in [-0.2, 0) is 7.05 Å². The second-order valence-electron chi connectivity index (χ2n) is 4.51. The molecule has 3 N–H and O–H groups in total. The second kappa shape index (κ2) is 6.39. The summed E-state index contributed by atoms with van der Waals surface area (Å²) in [4.78, 5) is 11.8. The maximum Gasteiger partial charge on any atom is 0.254 e. The third-order valence-electron chi connectivity index (χ3n) is 3.04. The first-order valence-electron chi connectivity index (χ1n) is 6.03. The standard InChI is InChI=1S/C12H22N4O/c1-9(7-13)5-4-6-14-12(17)11-8-15-16(3)10(11)2/h8-9H,4-7,13H2,1-3H3,(H,14,17). The number of hydrogen-bond acceptors (Lipinski definition) is 3. The third-order valence-corrected chi connectivity index (χ3v) is 3.04. The molecule has 17 heavy (non-hydrogen) atoms. The summed E-state index contributed by atoms with van der Waals surface area (Å²) >= 11 is 0. The molecule has 0 aromatic carbocycles. The van der Waals surface area contributed by atoms with Crippen molar-refractivity contribution in [3.8, 4) is 0 Å². The van der Waals surface area contributed by atoms with Gasteiger partial charge in [0.2, 0.25) is 0 Å². The number of amides is 1. The van der Waals surface area contributed by atoms with Crippen molar-refractivity contribution in [2.24, 2.45) is 18.7 Å². The van der Waals surface area contributed by atoms with E-state index in [1.54, 1.807) is 10.9 Å². The maximum atomic E-state index is 11.8. The van der Waals surface area contributed by atoms with Crippen molar-refractivity contribution in [3.63, 3.8) is 0 Å². The van der Waals surface area contributed by atoms with E-state index in [9.17, 15) is 4.79 Å². The lowest BCUT2D eigenvalue weighted by Gasteiger charge is -2.08. The van der Waals surface area contributed by atoms with Gasteiger partial charge in [-0.1, -0.05) is 6.92 Å². The van der Waals surface area contributed by atoms with E-state index in [1.807, 2.05) is 14.0 Å². The van der Waals surface area contributed by atoms with Crippen molar-refractivity contribution < 1.29 is 4.79 Å². The van der Waals surface area contributed by atoms with Crippen LogP contribution in [0.15, 0.2) is 6.20 Å². The summed E-state index contributed by atoms with van der Waals surface area (Å²) < 4.78 is 1.70. The second-order valence-corrected chi connectivity index (χ2v) is 4.51. The number of nitrogens with zero attached hydrogens (tertiary/aromatic N) is 2. The number of nitrogens with two attached hydrogens (primary N) is 1. The van der Waals surface area contributed by atoms with Gasteiger partial charge in [0.1, 0.15) is 0 Å². The van der Waals surface area contributed by atoms with E-state index < -0.39 is 0 Å². The SMILES string of the molecule is Cc1c(C(=O)NCCCC(C)CN)cnn1C. The molecule has 1 unspecified atom stereocenters. The highest BCUT2D eigenvalue weighted by atomic mass is 16.1. The molecule has 0 aliphatic carbocycles. The van der Waals surface area contributed by atoms with E-state index in [0.29, 0.717) is 24.6 Å². The molecule has 0 radical (unpaired) electrons. The zero-order valence-corrected chi connectivity index (χ0v) is 10.9. The van der Waals surface area contributed by atoms with Crippen molar-refractivity contribution in [1.29, 1.82) is 0 Å². The van der Waals surface area contributed by atoms with Gasteiger partial charge in [-0.2, -0.15) is 5.10 Å². The lowest BCUT2D eigenvalue weighted by Crippen LogP contribution is -2.25. The van der Waals surface area contributed by atoms with Crippen LogP contribution in [0.25, 0.3) is 0 Å². The molecule has 0 bridgehead atoms. The molecule has 0 aliphatic heterocycles. The number of carbonyl (C=O) groups excluding carboxylic acids is 1. The van der Waals surface area contributed by atoms with Crippen LogP contribution in [0.5, 0.6) is 0 Å². The summed E-state index contributed by atoms with van der Waals surface area (Å²) in [6.45, 7) is 5.40. The highest BCUT2D eigenvalue weighted by Gasteiger charge is 2.11. The molecule has 0 saturated heterocycles. The molecule has 1 rings (SSSR count). The molecule has 0 saturated carbocycles. The van der Waals surface area contributed by atoms with E-state index in [-0.39, 0.29) is 5.91 Å². The van der Waals surface area contributed by atoms with Crippen LogP contribution in [-0.4, -0.2) is 28.8 Å². The lowest BCUT2D eigenvalue weighted by atomic mass is 10.1. The fourth-order valence-electron chi connectivity index (χ4n) is 1.59. The molecule has 1 heterocycles. The van der Waals surface area contributed by atoms with Crippen molar-refractivity contribution >= 4 is 5.91 Å². The van der Waals surface area contributed by atoms with Gasteiger partial charge < -0.3 is 11.1 Å². The van der Waals surface area contributed by atoms with Crippen LogP contribution in [0.4, 0.5) is 0 Å². The van der Waals surface area contributed by atoms with Crippen LogP contribution < -0.4 is 11.1 Å². The molecular formula is C12H22N4O. The Bertz CT molecular complexity index is 373. The number of nitrogens with one attached hydrogen (secondary N) is 1. The largest absolute Gasteiger partial charge is 0.352 e. The van der Waals surface area contributed by atoms with Gasteiger partial charge in [-0.25, -0.2) is 0 Å². The Kier molecular flexibility index (Phi) is 5.15. The first-order chi connectivity index (χ1) is 8.06. The summed E-state index contributed by atoms with van der Waals surface area (Å²) in [6, 6.07) is 0. The molecule has 0 aliphatic rings. The summed E-state index contributed by atoms with van der Waals surface area (Å²) in [7, 11) is 1.83. The number of aromatic nitrogens is 2. The first-order valence-corrected chi connectivity index (χ1v) is 6.03. The van der Waals surface area contributed by atoms with Crippen molar-refractivity contribution in [2.75, 3.05) is 13.1 Å². The van der Waals surface area contributed by atoms with E-state index >= 15 is 0 Å². The van der Waals surface area contributed by atoms with E-state index in [1.165, 1.54) is 0 Å². The molecule has 0 spiro atoms. The fraction of sp³-hybridized carbons (Fsp3) is 0.667. The van der Waals surface area contributed by atoms with Crippen molar-refractivity contribution in [2.45, 2.75) is 26.7 Å². The smallest absolute Gasteiger partial charge is 0.254 e. The lowest BCUT2D eigenvalue weighted by molar-refractivity contribution is 0.0952. The van der Waals surface area contributed by atoms with Crippen LogP contribution >= 0.6 is 0 Å². The van der Waals surface area contributed by atoms with Gasteiger partial charge >= 0.3 is 0 Å². The predicted molar refractivity (Wildman–Crippen MR) is 67.7 cm³/mol. The molecule has 1 atom stereocenters. The number of hydrogen-bond donors (Lipinski definition) is 2. The van der Waals surface area contributed by atoms with Crippen LogP contribution in [0, 0.1) is 12.8 Å². The van der Waals surface area contributed by atoms with Gasteiger partial charge in [-0.3, -0.25) is 9.48 Å². The maximum absolute atomic E-state index is 11.8. The predicted octanol–water partition coefficient (Wildman–Crippen LogP) is 0.833. The minimum atomic E-state index is -0.0454. The summed E-state index contributed by atoms with van der Waals surface area (Å²) in [5.41, 5.74) is 7.07. The van der Waals surface area contributed by atoms with Gasteiger partial charge in [-0.15, -0.1) is 0 Å². The van der Waals surface area contributed by atoms with Crippen molar-refractivity contribution in [1.82, 2.24) is 15.1 Å². The highest BCUT2D eigenvalue weighted by molar-refractivity contribution is 5.94. The van der Waals surface area contributed by atoms with Gasteiger partial charge in [0.05, 0.1) is 11.8 Å². The Morgan fingerprint density at radius 3 is 2.88 bits per heavy atom. The quantitative estimate of drug-likeness (QED) is 0.721. The van der Waals surface area contributed by atoms with Crippen LogP contribution in [0.3, 0.4) is 0 Å². The molecule has 0 fully saturated rings. The Labute approximate surface area is 102 Å². The first kappa shape index (κ1) is 13.7. The van der Waals surface area contributed by atoms with Crippen LogP contribution in [0.2, 0.25) is 0 Å². The highest BCUT2D eigenvalue weighted by Crippen LogP contribution is 2.06.